The van der Waals surface area contributed by atoms with Crippen LogP contribution in [0.5, 0.6) is 5.75 Å². The van der Waals surface area contributed by atoms with Gasteiger partial charge in [-0.15, -0.1) is 0 Å². The fraction of sp³-hybridized carbons (Fsp3) is 0.421. The Hall–Kier alpha value is -2.83. The van der Waals surface area contributed by atoms with Crippen LogP contribution in [0.2, 0.25) is 0 Å². The highest BCUT2D eigenvalue weighted by molar-refractivity contribution is 5.82. The van der Waals surface area contributed by atoms with Gasteiger partial charge < -0.3 is 19.2 Å². The van der Waals surface area contributed by atoms with E-state index in [2.05, 4.69) is 5.32 Å². The number of hydrogen-bond donors (Lipinski definition) is 1. The van der Waals surface area contributed by atoms with E-state index in [4.69, 9.17) is 13.9 Å². The molecule has 0 atom stereocenters. The van der Waals surface area contributed by atoms with E-state index in [1.807, 2.05) is 6.92 Å². The molecule has 2 aromatic rings. The molecule has 0 bridgehead atoms. The van der Waals surface area contributed by atoms with Gasteiger partial charge in [0, 0.05) is 24.1 Å². The fourth-order valence-electron chi connectivity index (χ4n) is 2.33. The van der Waals surface area contributed by atoms with Gasteiger partial charge in [0.05, 0.1) is 6.42 Å². The molecule has 26 heavy (non-hydrogen) atoms. The SMILES string of the molecule is CCc1cc(=O)oc2cc(OC(=O)CCNC(=O)OC(C)(C)C)ccc12. The number of carbonyl (C=O) groups is 2. The Balaban J connectivity index is 1.95. The van der Waals surface area contributed by atoms with Crippen molar-refractivity contribution < 1.29 is 23.5 Å². The molecule has 7 heteroatoms. The number of hydrogen-bond acceptors (Lipinski definition) is 6. The second-order valence-electron chi connectivity index (χ2n) is 6.75. The lowest BCUT2D eigenvalue weighted by atomic mass is 10.1. The van der Waals surface area contributed by atoms with Crippen LogP contribution in [0.15, 0.2) is 33.5 Å². The van der Waals surface area contributed by atoms with Crippen molar-refractivity contribution in [3.63, 3.8) is 0 Å². The van der Waals surface area contributed by atoms with Crippen molar-refractivity contribution in [2.24, 2.45) is 0 Å². The molecule has 0 saturated carbocycles. The molecule has 7 nitrogen and oxygen atoms in total. The van der Waals surface area contributed by atoms with Gasteiger partial charge in [0.1, 0.15) is 16.9 Å². The van der Waals surface area contributed by atoms with Crippen LogP contribution in [0, 0.1) is 0 Å². The van der Waals surface area contributed by atoms with Crippen molar-refractivity contribution >= 4 is 23.0 Å². The first-order valence-electron chi connectivity index (χ1n) is 8.42. The number of alkyl carbamates (subject to hydrolysis) is 1. The van der Waals surface area contributed by atoms with Crippen LogP contribution in [0.4, 0.5) is 4.79 Å². The van der Waals surface area contributed by atoms with E-state index >= 15 is 0 Å². The summed E-state index contributed by atoms with van der Waals surface area (Å²) in [5, 5.41) is 3.29. The molecule has 0 unspecified atom stereocenters. The average molecular weight is 361 g/mol. The molecule has 0 spiro atoms. The van der Waals surface area contributed by atoms with Crippen LogP contribution in [-0.2, 0) is 16.0 Å². The molecule has 1 aromatic heterocycles. The van der Waals surface area contributed by atoms with Crippen LogP contribution in [0.25, 0.3) is 11.0 Å². The highest BCUT2D eigenvalue weighted by Crippen LogP contribution is 2.23. The van der Waals surface area contributed by atoms with Gasteiger partial charge in [0.2, 0.25) is 0 Å². The Kier molecular flexibility index (Phi) is 6.02. The molecule has 0 saturated heterocycles. The van der Waals surface area contributed by atoms with E-state index in [1.54, 1.807) is 32.9 Å². The van der Waals surface area contributed by atoms with Crippen molar-refractivity contribution in [3.05, 3.63) is 40.2 Å². The Bertz CT molecular complexity index is 862. The smallest absolute Gasteiger partial charge is 0.407 e. The van der Waals surface area contributed by atoms with E-state index in [9.17, 15) is 14.4 Å². The summed E-state index contributed by atoms with van der Waals surface area (Å²) < 4.78 is 15.5. The van der Waals surface area contributed by atoms with Crippen LogP contribution >= 0.6 is 0 Å². The molecule has 0 radical (unpaired) electrons. The van der Waals surface area contributed by atoms with Gasteiger partial charge in [0.15, 0.2) is 0 Å². The zero-order chi connectivity index (χ0) is 19.3. The number of rotatable bonds is 5. The van der Waals surface area contributed by atoms with Gasteiger partial charge in [-0.25, -0.2) is 9.59 Å². The zero-order valence-corrected chi connectivity index (χ0v) is 15.4. The van der Waals surface area contributed by atoms with Crippen LogP contribution < -0.4 is 15.7 Å². The number of carbonyl (C=O) groups excluding carboxylic acids is 2. The predicted octanol–water partition coefficient (Wildman–Crippen LogP) is 3.18. The molecule has 1 N–H and O–H groups in total. The van der Waals surface area contributed by atoms with Crippen molar-refractivity contribution in [3.8, 4) is 5.75 Å². The van der Waals surface area contributed by atoms with Crippen molar-refractivity contribution in [1.29, 1.82) is 0 Å². The topological polar surface area (TPSA) is 94.8 Å². The van der Waals surface area contributed by atoms with Gasteiger partial charge in [-0.05, 0) is 44.9 Å². The number of benzene rings is 1. The highest BCUT2D eigenvalue weighted by atomic mass is 16.6. The van der Waals surface area contributed by atoms with Gasteiger partial charge in [-0.3, -0.25) is 4.79 Å². The van der Waals surface area contributed by atoms with E-state index in [1.165, 1.54) is 12.1 Å². The minimum atomic E-state index is -0.600. The summed E-state index contributed by atoms with van der Waals surface area (Å²) >= 11 is 0. The lowest BCUT2D eigenvalue weighted by Gasteiger charge is -2.19. The van der Waals surface area contributed by atoms with Crippen LogP contribution in [-0.4, -0.2) is 24.2 Å². The molecule has 1 aromatic carbocycles. The van der Waals surface area contributed by atoms with Crippen molar-refractivity contribution in [1.82, 2.24) is 5.32 Å². The average Bonchev–Trinajstić information content (AvgIpc) is 2.51. The van der Waals surface area contributed by atoms with Gasteiger partial charge in [-0.2, -0.15) is 0 Å². The predicted molar refractivity (Wildman–Crippen MR) is 96.4 cm³/mol. The quantitative estimate of drug-likeness (QED) is 0.499. The van der Waals surface area contributed by atoms with Gasteiger partial charge in [0.25, 0.3) is 0 Å². The number of fused-ring (bicyclic) bond motifs is 1. The lowest BCUT2D eigenvalue weighted by Crippen LogP contribution is -2.34. The van der Waals surface area contributed by atoms with E-state index in [-0.39, 0.29) is 18.7 Å². The first-order valence-corrected chi connectivity index (χ1v) is 8.42. The molecule has 140 valence electrons. The Morgan fingerprint density at radius 3 is 2.58 bits per heavy atom. The molecule has 1 amide bonds. The lowest BCUT2D eigenvalue weighted by molar-refractivity contribution is -0.134. The summed E-state index contributed by atoms with van der Waals surface area (Å²) in [5.74, 6) is -0.245. The third-order valence-electron chi connectivity index (χ3n) is 3.41. The number of amides is 1. The summed E-state index contributed by atoms with van der Waals surface area (Å²) in [6.07, 6.45) is 0.0817. The maximum Gasteiger partial charge on any atom is 0.407 e. The van der Waals surface area contributed by atoms with Crippen molar-refractivity contribution in [2.45, 2.75) is 46.1 Å². The molecule has 0 aliphatic heterocycles. The largest absolute Gasteiger partial charge is 0.444 e. The molecule has 0 fully saturated rings. The molecule has 2 rings (SSSR count). The summed E-state index contributed by atoms with van der Waals surface area (Å²) in [6.45, 7) is 7.30. The zero-order valence-electron chi connectivity index (χ0n) is 15.4. The molecule has 0 aliphatic rings. The molecule has 1 heterocycles. The number of ether oxygens (including phenoxy) is 2. The number of aryl methyl sites for hydroxylation is 1. The summed E-state index contributed by atoms with van der Waals surface area (Å²) in [6, 6.07) is 6.35. The third-order valence-corrected chi connectivity index (χ3v) is 3.41. The first kappa shape index (κ1) is 19.5. The van der Waals surface area contributed by atoms with Crippen LogP contribution in [0.3, 0.4) is 0 Å². The summed E-state index contributed by atoms with van der Waals surface area (Å²) in [7, 11) is 0. The van der Waals surface area contributed by atoms with E-state index < -0.39 is 23.3 Å². The standard InChI is InChI=1S/C19H23NO6/c1-5-12-10-17(22)25-15-11-13(6-7-14(12)15)24-16(21)8-9-20-18(23)26-19(2,3)4/h6-7,10-11H,5,8-9H2,1-4H3,(H,20,23). The van der Waals surface area contributed by atoms with E-state index in [0.29, 0.717) is 12.0 Å². The summed E-state index contributed by atoms with van der Waals surface area (Å²) in [4.78, 5) is 35.0. The van der Waals surface area contributed by atoms with Gasteiger partial charge >= 0.3 is 17.7 Å². The normalized spacial score (nSPS) is 11.2. The fourth-order valence-corrected chi connectivity index (χ4v) is 2.33. The Morgan fingerprint density at radius 1 is 1.19 bits per heavy atom. The van der Waals surface area contributed by atoms with Crippen LogP contribution in [0.1, 0.15) is 39.7 Å². The minimum absolute atomic E-state index is 0.0176. The Labute approximate surface area is 151 Å². The maximum absolute atomic E-state index is 11.9. The Morgan fingerprint density at radius 2 is 1.92 bits per heavy atom. The highest BCUT2D eigenvalue weighted by Gasteiger charge is 2.16. The molecule has 0 aliphatic carbocycles. The monoisotopic (exact) mass is 361 g/mol. The second kappa shape index (κ2) is 8.03. The maximum atomic E-state index is 11.9. The number of esters is 1. The summed E-state index contributed by atoms with van der Waals surface area (Å²) in [5.41, 5.74) is 0.193. The molecular formula is C19H23NO6. The first-order chi connectivity index (χ1) is 12.2. The van der Waals surface area contributed by atoms with Crippen molar-refractivity contribution in [2.75, 3.05) is 6.54 Å². The second-order valence-corrected chi connectivity index (χ2v) is 6.75. The van der Waals surface area contributed by atoms with E-state index in [0.717, 1.165) is 10.9 Å². The molecular weight excluding hydrogens is 338 g/mol. The number of nitrogens with one attached hydrogen (secondary N) is 1. The minimum Gasteiger partial charge on any atom is -0.444 e. The third kappa shape index (κ3) is 5.61. The van der Waals surface area contributed by atoms with Gasteiger partial charge in [-0.1, -0.05) is 6.92 Å².